The fourth-order valence-electron chi connectivity index (χ4n) is 6.11. The summed E-state index contributed by atoms with van der Waals surface area (Å²) in [5, 5.41) is 2.90. The summed E-state index contributed by atoms with van der Waals surface area (Å²) in [6.07, 6.45) is 32.0. The van der Waals surface area contributed by atoms with Crippen LogP contribution in [-0.2, 0) is 9.59 Å². The van der Waals surface area contributed by atoms with Gasteiger partial charge in [0.05, 0.1) is 12.1 Å². The molecule has 50 heavy (non-hydrogen) atoms. The van der Waals surface area contributed by atoms with Crippen LogP contribution in [0.25, 0.3) is 0 Å². The molecule has 0 radical (unpaired) electrons. The van der Waals surface area contributed by atoms with Crippen molar-refractivity contribution in [2.24, 2.45) is 27.9 Å². The van der Waals surface area contributed by atoms with Gasteiger partial charge in [0.15, 0.2) is 5.96 Å². The number of unbranched alkanes of at least 4 members (excludes halogenated alkanes) is 21. The standard InChI is InChI=1S/C38H79N7O2.3ClH/c1-3-5-7-9-11-13-15-16-18-20-22-26-33-45(32-25-21-19-17-14-12-10-8-6-4-2)37(47)35(40)28-23-24-30-43-36(46)34(39)29-27-31-44-38(41)42;;;/h34-35H,3-33,39-40H2,1-2H3,(H,43,46)(H4,41,42,44);3*1H/p-3. The average Bonchev–Trinajstić information content (AvgIpc) is 3.06. The number of amides is 2. The van der Waals surface area contributed by atoms with E-state index < -0.39 is 12.1 Å². The Labute approximate surface area is 327 Å². The number of aliphatic imine (C=N–C) groups is 1. The van der Waals surface area contributed by atoms with E-state index in [1.54, 1.807) is 0 Å². The van der Waals surface area contributed by atoms with E-state index in [4.69, 9.17) is 22.9 Å². The number of nitrogens with zero attached hydrogens (tertiary/aromatic N) is 2. The van der Waals surface area contributed by atoms with E-state index in [0.29, 0.717) is 32.4 Å². The molecule has 0 aromatic carbocycles. The summed E-state index contributed by atoms with van der Waals surface area (Å²) < 4.78 is 0. The molecule has 0 bridgehead atoms. The Kier molecular flexibility index (Phi) is 47.3. The Morgan fingerprint density at radius 2 is 0.920 bits per heavy atom. The Balaban J connectivity index is -0.00000353. The highest BCUT2D eigenvalue weighted by molar-refractivity contribution is 5.82. The number of carbonyl (C=O) groups excluding carboxylic acids is 2. The maximum absolute atomic E-state index is 13.4. The van der Waals surface area contributed by atoms with Crippen LogP contribution in [0, 0.1) is 0 Å². The molecule has 0 aliphatic carbocycles. The Bertz CT molecular complexity index is 762. The van der Waals surface area contributed by atoms with Gasteiger partial charge in [-0.05, 0) is 44.9 Å². The molecule has 9 N–H and O–H groups in total. The highest BCUT2D eigenvalue weighted by Crippen LogP contribution is 2.14. The number of nitrogens with two attached hydrogens (primary N) is 4. The van der Waals surface area contributed by atoms with Crippen LogP contribution in [-0.4, -0.2) is 60.9 Å². The maximum Gasteiger partial charge on any atom is 0.239 e. The molecule has 0 rings (SSSR count). The van der Waals surface area contributed by atoms with Gasteiger partial charge in [0, 0.05) is 26.2 Å². The molecule has 302 valence electrons. The van der Waals surface area contributed by atoms with E-state index in [2.05, 4.69) is 29.1 Å². The summed E-state index contributed by atoms with van der Waals surface area (Å²) in [6, 6.07) is -1.06. The van der Waals surface area contributed by atoms with Crippen LogP contribution in [0.1, 0.15) is 187 Å². The van der Waals surface area contributed by atoms with Crippen molar-refractivity contribution in [2.45, 2.75) is 199 Å². The third-order valence-electron chi connectivity index (χ3n) is 9.24. The van der Waals surface area contributed by atoms with Gasteiger partial charge in [0.2, 0.25) is 11.8 Å². The lowest BCUT2D eigenvalue weighted by Gasteiger charge is -2.26. The number of hydrogen-bond acceptors (Lipinski definition) is 5. The topological polar surface area (TPSA) is 166 Å². The number of nitrogens with one attached hydrogen (secondary N) is 1. The SMILES string of the molecule is CCCCCCCCCCCCCCN(CCCCCCCCCCCC)C(=O)C(N)CCCCNC(=O)C(N)CCCN=C(N)N.[Cl-].[Cl-].[Cl-]. The van der Waals surface area contributed by atoms with Crippen molar-refractivity contribution in [1.82, 2.24) is 10.2 Å². The summed E-state index contributed by atoms with van der Waals surface area (Å²) in [5.41, 5.74) is 23.0. The predicted octanol–water partition coefficient (Wildman–Crippen LogP) is -1.56. The van der Waals surface area contributed by atoms with Crippen molar-refractivity contribution >= 4 is 17.8 Å². The average molecular weight is 772 g/mol. The van der Waals surface area contributed by atoms with E-state index in [1.165, 1.54) is 128 Å². The van der Waals surface area contributed by atoms with Crippen LogP contribution in [0.2, 0.25) is 0 Å². The first-order chi connectivity index (χ1) is 22.8. The molecule has 9 nitrogen and oxygen atoms in total. The lowest BCUT2D eigenvalue weighted by molar-refractivity contribution is -0.133. The van der Waals surface area contributed by atoms with Crippen LogP contribution in [0.15, 0.2) is 4.99 Å². The lowest BCUT2D eigenvalue weighted by atomic mass is 10.0. The van der Waals surface area contributed by atoms with Gasteiger partial charge < -0.3 is 70.4 Å². The van der Waals surface area contributed by atoms with Gasteiger partial charge in [-0.2, -0.15) is 0 Å². The van der Waals surface area contributed by atoms with E-state index >= 15 is 0 Å². The first-order valence-corrected chi connectivity index (χ1v) is 20.0. The van der Waals surface area contributed by atoms with Crippen molar-refractivity contribution in [3.8, 4) is 0 Å². The number of carbonyl (C=O) groups is 2. The summed E-state index contributed by atoms with van der Waals surface area (Å²) in [6.45, 7) is 7.17. The van der Waals surface area contributed by atoms with Crippen LogP contribution in [0.5, 0.6) is 0 Å². The predicted molar refractivity (Wildman–Crippen MR) is 202 cm³/mol. The molecule has 0 spiro atoms. The molecule has 0 heterocycles. The third-order valence-corrected chi connectivity index (χ3v) is 9.24. The van der Waals surface area contributed by atoms with Gasteiger partial charge in [-0.15, -0.1) is 0 Å². The zero-order valence-corrected chi connectivity index (χ0v) is 34.5. The molecule has 2 amide bonds. The number of halogens is 3. The zero-order chi connectivity index (χ0) is 34.8. The van der Waals surface area contributed by atoms with E-state index in [9.17, 15) is 9.59 Å². The molecule has 0 aliphatic rings. The van der Waals surface area contributed by atoms with Gasteiger partial charge >= 0.3 is 0 Å². The minimum absolute atomic E-state index is 0. The Hall–Kier alpha value is -1.00. The van der Waals surface area contributed by atoms with Crippen LogP contribution < -0.4 is 65.5 Å². The van der Waals surface area contributed by atoms with Crippen molar-refractivity contribution in [2.75, 3.05) is 26.2 Å². The molecule has 0 fully saturated rings. The molecule has 2 unspecified atom stereocenters. The molecule has 0 aromatic rings. The van der Waals surface area contributed by atoms with Gasteiger partial charge in [-0.1, -0.05) is 142 Å². The molecule has 0 saturated carbocycles. The van der Waals surface area contributed by atoms with Crippen molar-refractivity contribution < 1.29 is 46.8 Å². The van der Waals surface area contributed by atoms with Crippen LogP contribution in [0.4, 0.5) is 0 Å². The summed E-state index contributed by atoms with van der Waals surface area (Å²) in [7, 11) is 0. The summed E-state index contributed by atoms with van der Waals surface area (Å²) in [5.74, 6) is -0.0260. The highest BCUT2D eigenvalue weighted by Gasteiger charge is 2.20. The third kappa shape index (κ3) is 36.8. The summed E-state index contributed by atoms with van der Waals surface area (Å²) >= 11 is 0. The van der Waals surface area contributed by atoms with Crippen molar-refractivity contribution in [3.05, 3.63) is 0 Å². The van der Waals surface area contributed by atoms with Crippen LogP contribution in [0.3, 0.4) is 0 Å². The van der Waals surface area contributed by atoms with Gasteiger partial charge in [-0.25, -0.2) is 0 Å². The van der Waals surface area contributed by atoms with E-state index in [-0.39, 0.29) is 55.0 Å². The number of hydrogen-bond donors (Lipinski definition) is 5. The second-order valence-electron chi connectivity index (χ2n) is 13.8. The molecular formula is C38H79Cl3N7O2-3. The van der Waals surface area contributed by atoms with Gasteiger partial charge in [-0.3, -0.25) is 14.6 Å². The second-order valence-corrected chi connectivity index (χ2v) is 13.8. The number of rotatable bonds is 35. The first kappa shape index (κ1) is 55.8. The molecular weight excluding hydrogens is 693 g/mol. The van der Waals surface area contributed by atoms with Gasteiger partial charge in [0.25, 0.3) is 0 Å². The second kappa shape index (κ2) is 42.4. The Morgan fingerprint density at radius 3 is 1.32 bits per heavy atom. The molecule has 2 atom stereocenters. The minimum atomic E-state index is -0.576. The van der Waals surface area contributed by atoms with Crippen molar-refractivity contribution in [3.63, 3.8) is 0 Å². The highest BCUT2D eigenvalue weighted by atomic mass is 35.5. The smallest absolute Gasteiger partial charge is 0.239 e. The maximum atomic E-state index is 13.4. The fraction of sp³-hybridized carbons (Fsp3) is 0.921. The first-order valence-electron chi connectivity index (χ1n) is 20.0. The molecule has 0 aliphatic heterocycles. The normalized spacial score (nSPS) is 11.8. The monoisotopic (exact) mass is 771 g/mol. The van der Waals surface area contributed by atoms with Crippen LogP contribution >= 0.6 is 0 Å². The van der Waals surface area contributed by atoms with E-state index in [1.807, 2.05) is 0 Å². The summed E-state index contributed by atoms with van der Waals surface area (Å²) in [4.78, 5) is 31.6. The fourth-order valence-corrected chi connectivity index (χ4v) is 6.11. The minimum Gasteiger partial charge on any atom is -1.00 e. The number of guanidine groups is 1. The molecule has 0 saturated heterocycles. The Morgan fingerprint density at radius 1 is 0.540 bits per heavy atom. The molecule has 12 heteroatoms. The lowest BCUT2D eigenvalue weighted by Crippen LogP contribution is -3.00. The van der Waals surface area contributed by atoms with Gasteiger partial charge in [0.1, 0.15) is 0 Å². The largest absolute Gasteiger partial charge is 1.00 e. The quantitative estimate of drug-likeness (QED) is 0.0298. The molecule has 0 aromatic heterocycles. The zero-order valence-electron chi connectivity index (χ0n) is 32.2. The van der Waals surface area contributed by atoms with Crippen molar-refractivity contribution in [1.29, 1.82) is 0 Å². The van der Waals surface area contributed by atoms with E-state index in [0.717, 1.165) is 38.8 Å².